The van der Waals surface area contributed by atoms with Crippen molar-refractivity contribution in [2.75, 3.05) is 7.11 Å². The number of nitrogens with zero attached hydrogens (tertiary/aromatic N) is 1. The highest BCUT2D eigenvalue weighted by atomic mass is 79.9. The molecule has 0 unspecified atom stereocenters. The predicted molar refractivity (Wildman–Crippen MR) is 88.5 cm³/mol. The van der Waals surface area contributed by atoms with Crippen molar-refractivity contribution in [1.29, 1.82) is 0 Å². The summed E-state index contributed by atoms with van der Waals surface area (Å²) in [6.45, 7) is 2.01. The molecule has 0 aliphatic carbocycles. The standard InChI is InChI=1S/C17H14BrNO2/c1-11-3-8-14-15(9-11)16(18)10-19(17(14)20)12-4-6-13(21-2)7-5-12/h3-10H,1-2H3. The fraction of sp³-hybridized carbons (Fsp3) is 0.118. The van der Waals surface area contributed by atoms with Gasteiger partial charge in [0.2, 0.25) is 0 Å². The Morgan fingerprint density at radius 3 is 2.43 bits per heavy atom. The third kappa shape index (κ3) is 2.47. The maximum absolute atomic E-state index is 12.7. The second kappa shape index (κ2) is 5.37. The van der Waals surface area contributed by atoms with Gasteiger partial charge in [-0.15, -0.1) is 0 Å². The van der Waals surface area contributed by atoms with E-state index in [1.165, 1.54) is 0 Å². The summed E-state index contributed by atoms with van der Waals surface area (Å²) in [5, 5.41) is 1.63. The van der Waals surface area contributed by atoms with Gasteiger partial charge in [-0.2, -0.15) is 0 Å². The zero-order chi connectivity index (χ0) is 15.0. The Balaban J connectivity index is 2.25. The van der Waals surface area contributed by atoms with E-state index in [9.17, 15) is 4.79 Å². The van der Waals surface area contributed by atoms with Gasteiger partial charge in [0, 0.05) is 27.1 Å². The molecular formula is C17H14BrNO2. The lowest BCUT2D eigenvalue weighted by molar-refractivity contribution is 0.414. The van der Waals surface area contributed by atoms with E-state index >= 15 is 0 Å². The molecule has 0 fully saturated rings. The number of rotatable bonds is 2. The topological polar surface area (TPSA) is 31.2 Å². The zero-order valence-electron chi connectivity index (χ0n) is 11.8. The lowest BCUT2D eigenvalue weighted by Crippen LogP contribution is -2.18. The fourth-order valence-corrected chi connectivity index (χ4v) is 2.88. The Bertz CT molecular complexity index is 866. The second-order valence-corrected chi connectivity index (χ2v) is 5.75. The highest BCUT2D eigenvalue weighted by molar-refractivity contribution is 9.10. The van der Waals surface area contributed by atoms with E-state index < -0.39 is 0 Å². The van der Waals surface area contributed by atoms with Gasteiger partial charge in [-0.1, -0.05) is 17.7 Å². The first-order chi connectivity index (χ1) is 10.1. The van der Waals surface area contributed by atoms with Crippen LogP contribution in [0.4, 0.5) is 0 Å². The molecule has 21 heavy (non-hydrogen) atoms. The molecule has 3 aromatic rings. The van der Waals surface area contributed by atoms with E-state index in [1.807, 2.05) is 55.6 Å². The second-order valence-electron chi connectivity index (χ2n) is 4.90. The molecule has 1 heterocycles. The van der Waals surface area contributed by atoms with E-state index in [1.54, 1.807) is 11.7 Å². The maximum atomic E-state index is 12.7. The lowest BCUT2D eigenvalue weighted by Gasteiger charge is -2.10. The van der Waals surface area contributed by atoms with E-state index in [-0.39, 0.29) is 5.56 Å². The van der Waals surface area contributed by atoms with Crippen LogP contribution < -0.4 is 10.3 Å². The Labute approximate surface area is 130 Å². The first kappa shape index (κ1) is 13.9. The molecule has 0 saturated carbocycles. The minimum atomic E-state index is -0.0293. The van der Waals surface area contributed by atoms with Crippen molar-refractivity contribution >= 4 is 26.7 Å². The Kier molecular flexibility index (Phi) is 3.55. The van der Waals surface area contributed by atoms with Gasteiger partial charge in [-0.05, 0) is 53.2 Å². The molecule has 0 atom stereocenters. The molecule has 0 spiro atoms. The maximum Gasteiger partial charge on any atom is 0.263 e. The molecule has 106 valence electrons. The summed E-state index contributed by atoms with van der Waals surface area (Å²) in [6.07, 6.45) is 1.81. The van der Waals surface area contributed by atoms with E-state index in [2.05, 4.69) is 15.9 Å². The Morgan fingerprint density at radius 2 is 1.76 bits per heavy atom. The number of halogens is 1. The van der Waals surface area contributed by atoms with Gasteiger partial charge in [-0.3, -0.25) is 9.36 Å². The summed E-state index contributed by atoms with van der Waals surface area (Å²) in [6, 6.07) is 13.3. The van der Waals surface area contributed by atoms with Crippen LogP contribution in [0.15, 0.2) is 57.9 Å². The first-order valence-corrected chi connectivity index (χ1v) is 7.35. The minimum absolute atomic E-state index is 0.0293. The lowest BCUT2D eigenvalue weighted by atomic mass is 10.1. The van der Waals surface area contributed by atoms with E-state index in [4.69, 9.17) is 4.74 Å². The fourth-order valence-electron chi connectivity index (χ4n) is 2.35. The molecule has 4 heteroatoms. The highest BCUT2D eigenvalue weighted by Gasteiger charge is 2.09. The number of methoxy groups -OCH3 is 1. The van der Waals surface area contributed by atoms with Crippen molar-refractivity contribution in [3.63, 3.8) is 0 Å². The summed E-state index contributed by atoms with van der Waals surface area (Å²) in [5.74, 6) is 0.766. The minimum Gasteiger partial charge on any atom is -0.497 e. The van der Waals surface area contributed by atoms with E-state index in [0.717, 1.165) is 26.9 Å². The van der Waals surface area contributed by atoms with Crippen LogP contribution in [0.1, 0.15) is 5.56 Å². The van der Waals surface area contributed by atoms with Crippen LogP contribution in [0.25, 0.3) is 16.5 Å². The average molecular weight is 344 g/mol. The summed E-state index contributed by atoms with van der Waals surface area (Å²) in [4.78, 5) is 12.7. The number of hydrogen-bond acceptors (Lipinski definition) is 2. The molecule has 0 radical (unpaired) electrons. The molecule has 0 amide bonds. The molecule has 2 aromatic carbocycles. The van der Waals surface area contributed by atoms with Crippen molar-refractivity contribution in [2.24, 2.45) is 0 Å². The monoisotopic (exact) mass is 343 g/mol. The molecule has 0 aliphatic rings. The largest absolute Gasteiger partial charge is 0.497 e. The number of benzene rings is 2. The summed E-state index contributed by atoms with van der Waals surface area (Å²) < 4.78 is 7.69. The molecule has 1 aromatic heterocycles. The van der Waals surface area contributed by atoms with Crippen molar-refractivity contribution in [2.45, 2.75) is 6.92 Å². The predicted octanol–water partition coefficient (Wildman–Crippen LogP) is 4.07. The number of aromatic nitrogens is 1. The van der Waals surface area contributed by atoms with Gasteiger partial charge in [0.1, 0.15) is 5.75 Å². The quantitative estimate of drug-likeness (QED) is 0.702. The number of fused-ring (bicyclic) bond motifs is 1. The van der Waals surface area contributed by atoms with Crippen LogP contribution in [0.2, 0.25) is 0 Å². The van der Waals surface area contributed by atoms with Gasteiger partial charge in [0.25, 0.3) is 5.56 Å². The number of hydrogen-bond donors (Lipinski definition) is 0. The smallest absolute Gasteiger partial charge is 0.263 e. The SMILES string of the molecule is COc1ccc(-n2cc(Br)c3cc(C)ccc3c2=O)cc1. The normalized spacial score (nSPS) is 10.8. The number of aryl methyl sites for hydroxylation is 1. The van der Waals surface area contributed by atoms with Crippen LogP contribution in [0.3, 0.4) is 0 Å². The van der Waals surface area contributed by atoms with Crippen molar-refractivity contribution in [1.82, 2.24) is 4.57 Å². The van der Waals surface area contributed by atoms with E-state index in [0.29, 0.717) is 5.39 Å². The van der Waals surface area contributed by atoms with Crippen LogP contribution in [0.5, 0.6) is 5.75 Å². The van der Waals surface area contributed by atoms with Crippen LogP contribution in [-0.2, 0) is 0 Å². The average Bonchev–Trinajstić information content (AvgIpc) is 2.51. The van der Waals surface area contributed by atoms with Crippen LogP contribution >= 0.6 is 15.9 Å². The summed E-state index contributed by atoms with van der Waals surface area (Å²) >= 11 is 3.56. The number of ether oxygens (including phenoxy) is 1. The zero-order valence-corrected chi connectivity index (χ0v) is 13.3. The van der Waals surface area contributed by atoms with Crippen molar-refractivity contribution in [3.8, 4) is 11.4 Å². The van der Waals surface area contributed by atoms with Gasteiger partial charge >= 0.3 is 0 Å². The third-order valence-corrected chi connectivity index (χ3v) is 4.11. The first-order valence-electron chi connectivity index (χ1n) is 6.56. The molecular weight excluding hydrogens is 330 g/mol. The highest BCUT2D eigenvalue weighted by Crippen LogP contribution is 2.24. The van der Waals surface area contributed by atoms with Crippen molar-refractivity contribution in [3.05, 3.63) is 69.1 Å². The molecule has 3 rings (SSSR count). The number of pyridine rings is 1. The summed E-state index contributed by atoms with van der Waals surface area (Å²) in [5.41, 5.74) is 1.91. The Hall–Kier alpha value is -2.07. The third-order valence-electron chi connectivity index (χ3n) is 3.47. The molecule has 0 N–H and O–H groups in total. The van der Waals surface area contributed by atoms with Gasteiger partial charge < -0.3 is 4.74 Å². The molecule has 3 nitrogen and oxygen atoms in total. The van der Waals surface area contributed by atoms with Gasteiger partial charge in [-0.25, -0.2) is 0 Å². The van der Waals surface area contributed by atoms with Crippen LogP contribution in [0, 0.1) is 6.92 Å². The van der Waals surface area contributed by atoms with Gasteiger partial charge in [0.05, 0.1) is 7.11 Å². The Morgan fingerprint density at radius 1 is 1.05 bits per heavy atom. The summed E-state index contributed by atoms with van der Waals surface area (Å²) in [7, 11) is 1.62. The van der Waals surface area contributed by atoms with Gasteiger partial charge in [0.15, 0.2) is 0 Å². The molecule has 0 aliphatic heterocycles. The van der Waals surface area contributed by atoms with Crippen molar-refractivity contribution < 1.29 is 4.74 Å². The molecule has 0 saturated heterocycles. The van der Waals surface area contributed by atoms with Crippen LogP contribution in [-0.4, -0.2) is 11.7 Å². The molecule has 0 bridgehead atoms.